The molecule has 0 amide bonds. The van der Waals surface area contributed by atoms with Crippen molar-refractivity contribution in [1.29, 1.82) is 0 Å². The number of benzene rings is 2. The largest absolute Gasteiger partial charge is 0.441 e. The van der Waals surface area contributed by atoms with Crippen LogP contribution in [-0.2, 0) is 16.4 Å². The lowest BCUT2D eigenvalue weighted by Gasteiger charge is -2.10. The van der Waals surface area contributed by atoms with Crippen molar-refractivity contribution in [2.75, 3.05) is 16.7 Å². The first kappa shape index (κ1) is 20.8. The Morgan fingerprint density at radius 3 is 2.54 bits per heavy atom. The van der Waals surface area contributed by atoms with Gasteiger partial charge in [0.1, 0.15) is 5.76 Å². The van der Waals surface area contributed by atoms with Crippen LogP contribution in [0, 0.1) is 13.8 Å². The van der Waals surface area contributed by atoms with E-state index in [-0.39, 0.29) is 4.90 Å². The van der Waals surface area contributed by atoms with Crippen molar-refractivity contribution >= 4 is 39.1 Å². The van der Waals surface area contributed by atoms with E-state index in [4.69, 9.17) is 16.0 Å². The SMILES string of the molecule is CSCCc1nc(-c2cc(NS(=O)(=O)c3ccc(C)cc3)ccc2Cl)oc1C. The number of sulfonamides is 1. The normalized spacial score (nSPS) is 11.6. The highest BCUT2D eigenvalue weighted by atomic mass is 35.5. The van der Waals surface area contributed by atoms with Crippen molar-refractivity contribution in [2.45, 2.75) is 25.2 Å². The average Bonchev–Trinajstić information content (AvgIpc) is 3.02. The molecule has 0 atom stereocenters. The van der Waals surface area contributed by atoms with Gasteiger partial charge in [-0.05, 0) is 56.2 Å². The van der Waals surface area contributed by atoms with Crippen molar-refractivity contribution in [3.05, 3.63) is 64.5 Å². The molecule has 0 bridgehead atoms. The molecule has 0 fully saturated rings. The van der Waals surface area contributed by atoms with Crippen molar-refractivity contribution in [3.63, 3.8) is 0 Å². The zero-order chi connectivity index (χ0) is 20.3. The van der Waals surface area contributed by atoms with Crippen LogP contribution in [0.4, 0.5) is 5.69 Å². The van der Waals surface area contributed by atoms with Gasteiger partial charge in [-0.3, -0.25) is 4.72 Å². The maximum absolute atomic E-state index is 12.6. The predicted octanol–water partition coefficient (Wildman–Crippen LogP) is 5.32. The summed E-state index contributed by atoms with van der Waals surface area (Å²) in [5, 5.41) is 0.441. The smallest absolute Gasteiger partial charge is 0.261 e. The number of rotatable bonds is 7. The van der Waals surface area contributed by atoms with E-state index in [1.54, 1.807) is 54.2 Å². The van der Waals surface area contributed by atoms with Crippen LogP contribution < -0.4 is 4.72 Å². The fourth-order valence-corrected chi connectivity index (χ4v) is 4.30. The Labute approximate surface area is 174 Å². The number of aryl methyl sites for hydroxylation is 3. The summed E-state index contributed by atoms with van der Waals surface area (Å²) in [5.41, 5.74) is 2.81. The number of nitrogens with one attached hydrogen (secondary N) is 1. The van der Waals surface area contributed by atoms with Gasteiger partial charge in [-0.15, -0.1) is 0 Å². The van der Waals surface area contributed by atoms with Gasteiger partial charge in [-0.25, -0.2) is 13.4 Å². The van der Waals surface area contributed by atoms with E-state index >= 15 is 0 Å². The Morgan fingerprint density at radius 1 is 1.14 bits per heavy atom. The lowest BCUT2D eigenvalue weighted by atomic mass is 10.2. The molecule has 1 aromatic heterocycles. The monoisotopic (exact) mass is 436 g/mol. The van der Waals surface area contributed by atoms with Gasteiger partial charge in [0.25, 0.3) is 10.0 Å². The van der Waals surface area contributed by atoms with Gasteiger partial charge in [-0.2, -0.15) is 11.8 Å². The topological polar surface area (TPSA) is 72.2 Å². The number of hydrogen-bond donors (Lipinski definition) is 1. The molecule has 0 aliphatic rings. The van der Waals surface area contributed by atoms with E-state index in [1.807, 2.05) is 20.1 Å². The molecule has 0 radical (unpaired) electrons. The third-order valence-electron chi connectivity index (χ3n) is 4.22. The summed E-state index contributed by atoms with van der Waals surface area (Å²) in [7, 11) is -3.70. The number of halogens is 1. The van der Waals surface area contributed by atoms with Gasteiger partial charge in [0, 0.05) is 12.1 Å². The van der Waals surface area contributed by atoms with Crippen molar-refractivity contribution < 1.29 is 12.8 Å². The molecule has 3 rings (SSSR count). The van der Waals surface area contributed by atoms with Gasteiger partial charge in [0.2, 0.25) is 5.89 Å². The molecule has 0 spiro atoms. The summed E-state index contributed by atoms with van der Waals surface area (Å²) in [4.78, 5) is 4.74. The van der Waals surface area contributed by atoms with Crippen LogP contribution in [-0.4, -0.2) is 25.4 Å². The Hall–Kier alpha value is -1.96. The lowest BCUT2D eigenvalue weighted by molar-refractivity contribution is 0.540. The van der Waals surface area contributed by atoms with Crippen LogP contribution in [0.15, 0.2) is 51.8 Å². The number of nitrogens with zero attached hydrogens (tertiary/aromatic N) is 1. The van der Waals surface area contributed by atoms with Gasteiger partial charge in [0.15, 0.2) is 0 Å². The second-order valence-corrected chi connectivity index (χ2v) is 9.45. The minimum absolute atomic E-state index is 0.195. The van der Waals surface area contributed by atoms with Crippen molar-refractivity contribution in [3.8, 4) is 11.5 Å². The summed E-state index contributed by atoms with van der Waals surface area (Å²) in [5.74, 6) is 2.07. The number of thioether (sulfide) groups is 1. The first-order chi connectivity index (χ1) is 13.3. The minimum Gasteiger partial charge on any atom is -0.441 e. The number of oxazole rings is 1. The van der Waals surface area contributed by atoms with E-state index in [9.17, 15) is 8.42 Å². The van der Waals surface area contributed by atoms with E-state index in [0.29, 0.717) is 22.2 Å². The van der Waals surface area contributed by atoms with E-state index in [2.05, 4.69) is 9.71 Å². The molecule has 8 heteroatoms. The Bertz CT molecular complexity index is 1080. The summed E-state index contributed by atoms with van der Waals surface area (Å²) in [6.45, 7) is 3.77. The number of anilines is 1. The van der Waals surface area contributed by atoms with Crippen LogP contribution >= 0.6 is 23.4 Å². The maximum Gasteiger partial charge on any atom is 0.261 e. The summed E-state index contributed by atoms with van der Waals surface area (Å²) < 4.78 is 33.6. The number of aromatic nitrogens is 1. The fourth-order valence-electron chi connectivity index (χ4n) is 2.66. The molecule has 1 N–H and O–H groups in total. The average molecular weight is 437 g/mol. The van der Waals surface area contributed by atoms with Gasteiger partial charge < -0.3 is 4.42 Å². The molecular weight excluding hydrogens is 416 g/mol. The quantitative estimate of drug-likeness (QED) is 0.542. The molecule has 5 nitrogen and oxygen atoms in total. The summed E-state index contributed by atoms with van der Waals surface area (Å²) in [6.07, 6.45) is 2.84. The molecule has 0 saturated carbocycles. The summed E-state index contributed by atoms with van der Waals surface area (Å²) >= 11 is 8.06. The molecule has 28 heavy (non-hydrogen) atoms. The standard InChI is InChI=1S/C20H21ClN2O3S2/c1-13-4-7-16(8-5-13)28(24,25)23-15-6-9-18(21)17(12-15)20-22-19(10-11-27-3)14(2)26-20/h4-9,12,23H,10-11H2,1-3H3. The molecular formula is C20H21ClN2O3S2. The van der Waals surface area contributed by atoms with Crippen LogP contribution in [0.25, 0.3) is 11.5 Å². The van der Waals surface area contributed by atoms with Gasteiger partial charge >= 0.3 is 0 Å². The van der Waals surface area contributed by atoms with E-state index in [0.717, 1.165) is 29.2 Å². The third kappa shape index (κ3) is 4.71. The molecule has 0 saturated heterocycles. The zero-order valence-electron chi connectivity index (χ0n) is 15.8. The maximum atomic E-state index is 12.6. The molecule has 1 heterocycles. The highest BCUT2D eigenvalue weighted by Crippen LogP contribution is 2.32. The lowest BCUT2D eigenvalue weighted by Crippen LogP contribution is -2.12. The highest BCUT2D eigenvalue weighted by molar-refractivity contribution is 7.98. The van der Waals surface area contributed by atoms with Crippen LogP contribution in [0.1, 0.15) is 17.0 Å². The second kappa shape index (κ2) is 8.59. The number of hydrogen-bond acceptors (Lipinski definition) is 5. The highest BCUT2D eigenvalue weighted by Gasteiger charge is 2.18. The molecule has 3 aromatic rings. The Balaban J connectivity index is 1.90. The Morgan fingerprint density at radius 2 is 1.86 bits per heavy atom. The van der Waals surface area contributed by atoms with E-state index in [1.165, 1.54) is 0 Å². The first-order valence-electron chi connectivity index (χ1n) is 8.65. The predicted molar refractivity (Wildman–Crippen MR) is 116 cm³/mol. The van der Waals surface area contributed by atoms with Crippen molar-refractivity contribution in [1.82, 2.24) is 4.98 Å². The second-order valence-electron chi connectivity index (χ2n) is 6.38. The molecule has 2 aromatic carbocycles. The van der Waals surface area contributed by atoms with Crippen LogP contribution in [0.3, 0.4) is 0 Å². The molecule has 0 aliphatic heterocycles. The van der Waals surface area contributed by atoms with Crippen LogP contribution in [0.2, 0.25) is 5.02 Å². The van der Waals surface area contributed by atoms with Crippen LogP contribution in [0.5, 0.6) is 0 Å². The minimum atomic E-state index is -3.70. The zero-order valence-corrected chi connectivity index (χ0v) is 18.2. The molecule has 0 aliphatic carbocycles. The molecule has 0 unspecified atom stereocenters. The van der Waals surface area contributed by atoms with E-state index < -0.39 is 10.0 Å². The van der Waals surface area contributed by atoms with Gasteiger partial charge in [0.05, 0.1) is 21.2 Å². The third-order valence-corrected chi connectivity index (χ3v) is 6.56. The fraction of sp³-hybridized carbons (Fsp3) is 0.250. The first-order valence-corrected chi connectivity index (χ1v) is 11.9. The summed E-state index contributed by atoms with van der Waals surface area (Å²) in [6, 6.07) is 11.5. The van der Waals surface area contributed by atoms with Crippen molar-refractivity contribution in [2.24, 2.45) is 0 Å². The van der Waals surface area contributed by atoms with Gasteiger partial charge in [-0.1, -0.05) is 29.3 Å². The Kier molecular flexibility index (Phi) is 6.37. The molecule has 148 valence electrons.